The number of nitrogens with one attached hydrogen (secondary N) is 1. The van der Waals surface area contributed by atoms with Gasteiger partial charge in [0.05, 0.1) is 0 Å². The van der Waals surface area contributed by atoms with Crippen molar-refractivity contribution < 1.29 is 0 Å². The topological polar surface area (TPSA) is 44.3 Å². The number of hydrogen-bond acceptors (Lipinski definition) is 5. The molecule has 0 atom stereocenters. The number of allylic oxidation sites excluding steroid dienone is 1. The summed E-state index contributed by atoms with van der Waals surface area (Å²) in [4.78, 5) is 14.0. The Morgan fingerprint density at radius 3 is 2.59 bits per heavy atom. The molecule has 0 saturated carbocycles. The van der Waals surface area contributed by atoms with E-state index >= 15 is 0 Å². The van der Waals surface area contributed by atoms with E-state index in [4.69, 9.17) is 4.98 Å². The van der Waals surface area contributed by atoms with Crippen LogP contribution in [0.1, 0.15) is 72.1 Å². The first kappa shape index (κ1) is 22.1. The minimum absolute atomic E-state index is 0.378. The van der Waals surface area contributed by atoms with Gasteiger partial charge in [-0.05, 0) is 64.0 Å². The fourth-order valence-electron chi connectivity index (χ4n) is 4.91. The molecule has 2 aliphatic rings. The lowest BCUT2D eigenvalue weighted by atomic mass is 9.71. The van der Waals surface area contributed by atoms with Crippen LogP contribution in [0.4, 0.5) is 11.8 Å². The summed E-state index contributed by atoms with van der Waals surface area (Å²) >= 11 is 0. The maximum Gasteiger partial charge on any atom is 0.224 e. The molecule has 3 rings (SSSR count). The molecular weight excluding hydrogens is 358 g/mol. The molecule has 0 amide bonds. The Balaban J connectivity index is 1.44. The largest absolute Gasteiger partial charge is 0.356 e. The second-order valence-corrected chi connectivity index (χ2v) is 9.62. The van der Waals surface area contributed by atoms with Crippen LogP contribution in [0.2, 0.25) is 0 Å². The molecule has 0 radical (unpaired) electrons. The number of nitrogens with zero attached hydrogens (tertiary/aromatic N) is 4. The average Bonchev–Trinajstić information content (AvgIpc) is 2.97. The van der Waals surface area contributed by atoms with Crippen LogP contribution in [0.25, 0.3) is 0 Å². The Morgan fingerprint density at radius 2 is 1.86 bits per heavy atom. The molecule has 1 aliphatic heterocycles. The quantitative estimate of drug-likeness (QED) is 0.615. The van der Waals surface area contributed by atoms with Crippen LogP contribution in [0, 0.1) is 5.41 Å². The maximum absolute atomic E-state index is 4.76. The van der Waals surface area contributed by atoms with E-state index in [1.54, 1.807) is 11.1 Å². The second-order valence-electron chi connectivity index (χ2n) is 9.62. The van der Waals surface area contributed by atoms with Crippen molar-refractivity contribution in [2.24, 2.45) is 5.41 Å². The average molecular weight is 400 g/mol. The van der Waals surface area contributed by atoms with Gasteiger partial charge < -0.3 is 15.1 Å². The van der Waals surface area contributed by atoms with Crippen molar-refractivity contribution in [3.8, 4) is 0 Å². The first-order valence-electron chi connectivity index (χ1n) is 11.7. The van der Waals surface area contributed by atoms with Gasteiger partial charge in [-0.2, -0.15) is 4.98 Å². The molecule has 1 N–H and O–H groups in total. The highest BCUT2D eigenvalue weighted by molar-refractivity contribution is 5.42. The van der Waals surface area contributed by atoms with Crippen molar-refractivity contribution >= 4 is 11.8 Å². The van der Waals surface area contributed by atoms with Crippen molar-refractivity contribution in [3.63, 3.8) is 0 Å². The van der Waals surface area contributed by atoms with Gasteiger partial charge in [-0.25, -0.2) is 4.98 Å². The highest BCUT2D eigenvalue weighted by Gasteiger charge is 2.27. The third kappa shape index (κ3) is 6.43. The molecule has 1 aromatic heterocycles. The zero-order chi connectivity index (χ0) is 20.7. The van der Waals surface area contributed by atoms with Crippen LogP contribution < -0.4 is 10.2 Å². The predicted octanol–water partition coefficient (Wildman–Crippen LogP) is 5.12. The molecule has 2 heterocycles. The van der Waals surface area contributed by atoms with Crippen molar-refractivity contribution in [1.82, 2.24) is 14.9 Å². The third-order valence-electron chi connectivity index (χ3n) is 6.78. The molecule has 1 fully saturated rings. The normalized spacial score (nSPS) is 20.1. The number of hydrogen-bond donors (Lipinski definition) is 1. The Bertz CT molecular complexity index is 674. The second kappa shape index (κ2) is 10.4. The minimum Gasteiger partial charge on any atom is -0.356 e. The number of likely N-dealkylation sites (N-methyl/N-ethyl adjacent to an activating group) is 1. The van der Waals surface area contributed by atoms with Gasteiger partial charge in [0.25, 0.3) is 0 Å². The smallest absolute Gasteiger partial charge is 0.224 e. The first-order valence-corrected chi connectivity index (χ1v) is 11.7. The van der Waals surface area contributed by atoms with Gasteiger partial charge in [0.15, 0.2) is 0 Å². The molecule has 162 valence electrons. The number of aromatic nitrogens is 2. The predicted molar refractivity (Wildman–Crippen MR) is 124 cm³/mol. The van der Waals surface area contributed by atoms with Crippen molar-refractivity contribution in [2.75, 3.05) is 50.0 Å². The standard InChI is InChI=1S/C24H41N5/c1-20-10-9-13-24(2,3)21(20)12-18-28(4)19-15-26-23-25-14-11-22(27-23)29-16-7-5-6-8-17-29/h11,14H,5-10,12-13,15-19H2,1-4H3,(H,25,26,27). The van der Waals surface area contributed by atoms with Gasteiger partial charge in [0, 0.05) is 38.9 Å². The molecule has 5 nitrogen and oxygen atoms in total. The molecule has 0 aromatic carbocycles. The van der Waals surface area contributed by atoms with Gasteiger partial charge in [0.1, 0.15) is 5.82 Å². The molecule has 5 heteroatoms. The molecular formula is C24H41N5. The zero-order valence-corrected chi connectivity index (χ0v) is 19.1. The van der Waals surface area contributed by atoms with E-state index in [2.05, 4.69) is 47.9 Å². The van der Waals surface area contributed by atoms with E-state index in [9.17, 15) is 0 Å². The van der Waals surface area contributed by atoms with Crippen LogP contribution in [-0.2, 0) is 0 Å². The lowest BCUT2D eigenvalue weighted by Crippen LogP contribution is -2.29. The SMILES string of the molecule is CC1=C(CCN(C)CCNc2nccc(N3CCCCCC3)n2)C(C)(C)CCC1. The summed E-state index contributed by atoms with van der Waals surface area (Å²) in [7, 11) is 2.22. The van der Waals surface area contributed by atoms with Crippen LogP contribution in [-0.4, -0.2) is 54.6 Å². The van der Waals surface area contributed by atoms with E-state index < -0.39 is 0 Å². The van der Waals surface area contributed by atoms with Crippen molar-refractivity contribution in [3.05, 3.63) is 23.4 Å². The zero-order valence-electron chi connectivity index (χ0n) is 19.1. The molecule has 1 aliphatic carbocycles. The van der Waals surface area contributed by atoms with Crippen LogP contribution in [0.3, 0.4) is 0 Å². The summed E-state index contributed by atoms with van der Waals surface area (Å²) in [6, 6.07) is 2.05. The van der Waals surface area contributed by atoms with Gasteiger partial charge in [-0.3, -0.25) is 0 Å². The maximum atomic E-state index is 4.76. The van der Waals surface area contributed by atoms with Crippen molar-refractivity contribution in [1.29, 1.82) is 0 Å². The summed E-state index contributed by atoms with van der Waals surface area (Å²) in [6.45, 7) is 12.4. The Hall–Kier alpha value is -1.62. The molecule has 29 heavy (non-hydrogen) atoms. The Kier molecular flexibility index (Phi) is 7.93. The Morgan fingerprint density at radius 1 is 1.10 bits per heavy atom. The Labute approximate surface area is 178 Å². The highest BCUT2D eigenvalue weighted by atomic mass is 15.2. The van der Waals surface area contributed by atoms with Gasteiger partial charge >= 0.3 is 0 Å². The first-order chi connectivity index (χ1) is 14.0. The summed E-state index contributed by atoms with van der Waals surface area (Å²) < 4.78 is 0. The summed E-state index contributed by atoms with van der Waals surface area (Å²) in [5, 5.41) is 3.43. The van der Waals surface area contributed by atoms with Gasteiger partial charge in [-0.15, -0.1) is 0 Å². The lowest BCUT2D eigenvalue weighted by Gasteiger charge is -2.35. The van der Waals surface area contributed by atoms with E-state index in [1.165, 1.54) is 51.4 Å². The summed E-state index contributed by atoms with van der Waals surface area (Å²) in [6.07, 6.45) is 12.3. The van der Waals surface area contributed by atoms with Crippen LogP contribution in [0.15, 0.2) is 23.4 Å². The van der Waals surface area contributed by atoms with E-state index in [1.807, 2.05) is 12.3 Å². The third-order valence-corrected chi connectivity index (χ3v) is 6.78. The highest BCUT2D eigenvalue weighted by Crippen LogP contribution is 2.41. The van der Waals surface area contributed by atoms with E-state index in [-0.39, 0.29) is 0 Å². The summed E-state index contributed by atoms with van der Waals surface area (Å²) in [5.74, 6) is 1.83. The van der Waals surface area contributed by atoms with Crippen LogP contribution >= 0.6 is 0 Å². The summed E-state index contributed by atoms with van der Waals surface area (Å²) in [5.41, 5.74) is 3.70. The number of anilines is 2. The fraction of sp³-hybridized carbons (Fsp3) is 0.750. The monoisotopic (exact) mass is 399 g/mol. The minimum atomic E-state index is 0.378. The van der Waals surface area contributed by atoms with Crippen LogP contribution in [0.5, 0.6) is 0 Å². The van der Waals surface area contributed by atoms with E-state index in [0.717, 1.165) is 44.5 Å². The lowest BCUT2D eigenvalue weighted by molar-refractivity contribution is 0.310. The fourth-order valence-corrected chi connectivity index (χ4v) is 4.91. The van der Waals surface area contributed by atoms with Gasteiger partial charge in [0.2, 0.25) is 5.95 Å². The molecule has 1 aromatic rings. The molecule has 1 saturated heterocycles. The van der Waals surface area contributed by atoms with Gasteiger partial charge in [-0.1, -0.05) is 37.8 Å². The number of rotatable bonds is 8. The van der Waals surface area contributed by atoms with E-state index in [0.29, 0.717) is 5.41 Å². The van der Waals surface area contributed by atoms with Crippen molar-refractivity contribution in [2.45, 2.75) is 72.1 Å². The molecule has 0 bridgehead atoms. The molecule has 0 spiro atoms. The molecule has 0 unspecified atom stereocenters.